The summed E-state index contributed by atoms with van der Waals surface area (Å²) >= 11 is 0. The Morgan fingerprint density at radius 2 is 1.65 bits per heavy atom. The second kappa shape index (κ2) is 5.25. The van der Waals surface area contributed by atoms with Gasteiger partial charge in [-0.2, -0.15) is 0 Å². The van der Waals surface area contributed by atoms with E-state index in [9.17, 15) is 4.39 Å². The van der Waals surface area contributed by atoms with Crippen molar-refractivity contribution < 1.29 is 9.13 Å². The highest BCUT2D eigenvalue weighted by molar-refractivity contribution is 5.82. The summed E-state index contributed by atoms with van der Waals surface area (Å²) in [5.74, 6) is 0.553. The molecule has 0 aliphatic heterocycles. The van der Waals surface area contributed by atoms with E-state index in [0.29, 0.717) is 0 Å². The summed E-state index contributed by atoms with van der Waals surface area (Å²) in [6, 6.07) is 13.6. The standard InChI is InChI=1S/C14H12FNO/c1-17-14-8-2-11(3-9-14)10-16-13-6-4-12(15)5-7-13/h2-10H,1H3/b16-10+. The van der Waals surface area contributed by atoms with E-state index in [1.807, 2.05) is 24.3 Å². The number of benzene rings is 2. The van der Waals surface area contributed by atoms with Crippen LogP contribution < -0.4 is 4.74 Å². The molecular formula is C14H12FNO. The van der Waals surface area contributed by atoms with Crippen LogP contribution in [0.2, 0.25) is 0 Å². The Bertz CT molecular complexity index is 503. The number of rotatable bonds is 3. The Labute approximate surface area is 99.4 Å². The molecule has 0 saturated heterocycles. The second-order valence-electron chi connectivity index (χ2n) is 3.51. The zero-order chi connectivity index (χ0) is 12.1. The number of hydrogen-bond donors (Lipinski definition) is 0. The SMILES string of the molecule is COc1ccc(/C=N/c2ccc(F)cc2)cc1. The first-order valence-corrected chi connectivity index (χ1v) is 5.21. The van der Waals surface area contributed by atoms with E-state index in [0.717, 1.165) is 17.0 Å². The maximum absolute atomic E-state index is 12.7. The van der Waals surface area contributed by atoms with Gasteiger partial charge in [-0.05, 0) is 54.1 Å². The molecule has 86 valence electrons. The van der Waals surface area contributed by atoms with Crippen molar-refractivity contribution in [1.29, 1.82) is 0 Å². The van der Waals surface area contributed by atoms with Crippen LogP contribution in [0.3, 0.4) is 0 Å². The molecule has 0 N–H and O–H groups in total. The highest BCUT2D eigenvalue weighted by Crippen LogP contribution is 2.13. The molecule has 0 atom stereocenters. The molecule has 3 heteroatoms. The lowest BCUT2D eigenvalue weighted by atomic mass is 10.2. The van der Waals surface area contributed by atoms with Crippen LogP contribution in [0.1, 0.15) is 5.56 Å². The fraction of sp³-hybridized carbons (Fsp3) is 0.0714. The van der Waals surface area contributed by atoms with Gasteiger partial charge >= 0.3 is 0 Å². The van der Waals surface area contributed by atoms with Crippen LogP contribution in [-0.4, -0.2) is 13.3 Å². The third-order valence-corrected chi connectivity index (χ3v) is 2.31. The smallest absolute Gasteiger partial charge is 0.123 e. The second-order valence-corrected chi connectivity index (χ2v) is 3.51. The van der Waals surface area contributed by atoms with E-state index < -0.39 is 0 Å². The summed E-state index contributed by atoms with van der Waals surface area (Å²) in [5, 5.41) is 0. The van der Waals surface area contributed by atoms with Crippen LogP contribution >= 0.6 is 0 Å². The van der Waals surface area contributed by atoms with E-state index in [1.54, 1.807) is 25.5 Å². The highest BCUT2D eigenvalue weighted by Gasteiger charge is 1.92. The van der Waals surface area contributed by atoms with Gasteiger partial charge in [0.25, 0.3) is 0 Å². The molecule has 2 aromatic rings. The normalized spacial score (nSPS) is 10.7. The van der Waals surface area contributed by atoms with Crippen molar-refractivity contribution in [3.05, 3.63) is 59.9 Å². The summed E-state index contributed by atoms with van der Waals surface area (Å²) in [5.41, 5.74) is 1.69. The van der Waals surface area contributed by atoms with Gasteiger partial charge in [-0.3, -0.25) is 4.99 Å². The molecule has 0 spiro atoms. The largest absolute Gasteiger partial charge is 0.497 e. The van der Waals surface area contributed by atoms with Crippen LogP contribution in [0.25, 0.3) is 0 Å². The van der Waals surface area contributed by atoms with E-state index >= 15 is 0 Å². The van der Waals surface area contributed by atoms with E-state index in [2.05, 4.69) is 4.99 Å². The van der Waals surface area contributed by atoms with Crippen LogP contribution in [-0.2, 0) is 0 Å². The first-order valence-electron chi connectivity index (χ1n) is 5.21. The molecule has 0 aliphatic rings. The fourth-order valence-electron chi connectivity index (χ4n) is 1.37. The van der Waals surface area contributed by atoms with Gasteiger partial charge < -0.3 is 4.74 Å². The van der Waals surface area contributed by atoms with Crippen molar-refractivity contribution in [3.63, 3.8) is 0 Å². The van der Waals surface area contributed by atoms with Gasteiger partial charge in [0.1, 0.15) is 11.6 Å². The topological polar surface area (TPSA) is 21.6 Å². The fourth-order valence-corrected chi connectivity index (χ4v) is 1.37. The molecule has 0 aliphatic carbocycles. The number of hydrogen-bond acceptors (Lipinski definition) is 2. The van der Waals surface area contributed by atoms with Gasteiger partial charge in [-0.25, -0.2) is 4.39 Å². The Morgan fingerprint density at radius 1 is 1.00 bits per heavy atom. The average molecular weight is 229 g/mol. The van der Waals surface area contributed by atoms with Crippen LogP contribution in [0.4, 0.5) is 10.1 Å². The number of halogens is 1. The third kappa shape index (κ3) is 3.14. The van der Waals surface area contributed by atoms with Gasteiger partial charge in [-0.15, -0.1) is 0 Å². The lowest BCUT2D eigenvalue weighted by molar-refractivity contribution is 0.415. The molecule has 0 heterocycles. The van der Waals surface area contributed by atoms with Crippen molar-refractivity contribution in [2.45, 2.75) is 0 Å². The van der Waals surface area contributed by atoms with Crippen LogP contribution in [0.5, 0.6) is 5.75 Å². The minimum absolute atomic E-state index is 0.256. The van der Waals surface area contributed by atoms with Gasteiger partial charge in [-0.1, -0.05) is 0 Å². The Balaban J connectivity index is 2.11. The molecule has 17 heavy (non-hydrogen) atoms. The minimum atomic E-state index is -0.256. The van der Waals surface area contributed by atoms with Crippen molar-refractivity contribution in [2.24, 2.45) is 4.99 Å². The zero-order valence-corrected chi connectivity index (χ0v) is 9.43. The molecule has 0 unspecified atom stereocenters. The third-order valence-electron chi connectivity index (χ3n) is 2.31. The number of aliphatic imine (C=N–C) groups is 1. The Kier molecular flexibility index (Phi) is 3.50. The zero-order valence-electron chi connectivity index (χ0n) is 9.43. The monoisotopic (exact) mass is 229 g/mol. The number of nitrogens with zero attached hydrogens (tertiary/aromatic N) is 1. The number of methoxy groups -OCH3 is 1. The lowest BCUT2D eigenvalue weighted by Gasteiger charge is -1.98. The van der Waals surface area contributed by atoms with E-state index in [-0.39, 0.29) is 5.82 Å². The van der Waals surface area contributed by atoms with E-state index in [4.69, 9.17) is 4.74 Å². The number of ether oxygens (including phenoxy) is 1. The van der Waals surface area contributed by atoms with Crippen LogP contribution in [0.15, 0.2) is 53.5 Å². The molecule has 0 radical (unpaired) electrons. The predicted molar refractivity (Wildman–Crippen MR) is 66.6 cm³/mol. The summed E-state index contributed by atoms with van der Waals surface area (Å²) in [4.78, 5) is 4.24. The first-order chi connectivity index (χ1) is 8.28. The summed E-state index contributed by atoms with van der Waals surface area (Å²) < 4.78 is 17.7. The first kappa shape index (κ1) is 11.3. The average Bonchev–Trinajstić information content (AvgIpc) is 2.39. The minimum Gasteiger partial charge on any atom is -0.497 e. The molecule has 0 aromatic heterocycles. The summed E-state index contributed by atoms with van der Waals surface area (Å²) in [6.45, 7) is 0. The van der Waals surface area contributed by atoms with E-state index in [1.165, 1.54) is 12.1 Å². The quantitative estimate of drug-likeness (QED) is 0.737. The highest BCUT2D eigenvalue weighted by atomic mass is 19.1. The maximum atomic E-state index is 12.7. The van der Waals surface area contributed by atoms with Crippen molar-refractivity contribution in [1.82, 2.24) is 0 Å². The predicted octanol–water partition coefficient (Wildman–Crippen LogP) is 3.58. The molecule has 0 amide bonds. The molecule has 2 nitrogen and oxygen atoms in total. The van der Waals surface area contributed by atoms with Crippen LogP contribution in [0, 0.1) is 5.82 Å². The van der Waals surface area contributed by atoms with Gasteiger partial charge in [0, 0.05) is 6.21 Å². The molecule has 0 saturated carbocycles. The Hall–Kier alpha value is -2.16. The molecule has 0 fully saturated rings. The molecule has 2 rings (SSSR count). The van der Waals surface area contributed by atoms with Gasteiger partial charge in [0.2, 0.25) is 0 Å². The van der Waals surface area contributed by atoms with Crippen molar-refractivity contribution in [2.75, 3.05) is 7.11 Å². The molecular weight excluding hydrogens is 217 g/mol. The Morgan fingerprint density at radius 3 is 2.24 bits per heavy atom. The maximum Gasteiger partial charge on any atom is 0.123 e. The molecule has 2 aromatic carbocycles. The summed E-state index contributed by atoms with van der Waals surface area (Å²) in [7, 11) is 1.63. The van der Waals surface area contributed by atoms with Gasteiger partial charge in [0.15, 0.2) is 0 Å². The van der Waals surface area contributed by atoms with Crippen molar-refractivity contribution in [3.8, 4) is 5.75 Å². The molecule has 0 bridgehead atoms. The van der Waals surface area contributed by atoms with Gasteiger partial charge in [0.05, 0.1) is 12.8 Å². The summed E-state index contributed by atoms with van der Waals surface area (Å²) in [6.07, 6.45) is 1.73. The van der Waals surface area contributed by atoms with Crippen molar-refractivity contribution >= 4 is 11.9 Å². The lowest BCUT2D eigenvalue weighted by Crippen LogP contribution is -1.84.